The summed E-state index contributed by atoms with van der Waals surface area (Å²) in [4.78, 5) is 82.2. The minimum Gasteiger partial charge on any atom is -0.447 e. The molecule has 5 N–H and O–H groups in total. The minimum absolute atomic E-state index is 0.0251. The summed E-state index contributed by atoms with van der Waals surface area (Å²) in [5, 5.41) is 13.8. The Kier molecular flexibility index (Phi) is 15.7. The number of ether oxygens (including phenoxy) is 1. The van der Waals surface area contributed by atoms with Gasteiger partial charge in [-0.05, 0) is 66.9 Å². The minimum atomic E-state index is -1.05. The average Bonchev–Trinajstić information content (AvgIpc) is 3.74. The van der Waals surface area contributed by atoms with Crippen LogP contribution in [0, 0.1) is 23.2 Å². The fourth-order valence-corrected chi connectivity index (χ4v) is 7.03. The predicted octanol–water partition coefficient (Wildman–Crippen LogP) is 3.65. The molecule has 0 spiro atoms. The van der Waals surface area contributed by atoms with Gasteiger partial charge in [0.15, 0.2) is 0 Å². The molecule has 1 aliphatic heterocycles. The molecule has 1 unspecified atom stereocenters. The summed E-state index contributed by atoms with van der Waals surface area (Å²) in [6.07, 6.45) is 4.19. The third-order valence-electron chi connectivity index (χ3n) is 10.1. The summed E-state index contributed by atoms with van der Waals surface area (Å²) in [5.74, 6) is -2.91. The molecule has 0 aromatic heterocycles. The van der Waals surface area contributed by atoms with Crippen molar-refractivity contribution in [1.29, 1.82) is 0 Å². The van der Waals surface area contributed by atoms with Crippen LogP contribution >= 0.6 is 0 Å². The maximum Gasteiger partial charge on any atom is 0.407 e. The number of hydrogen-bond acceptors (Lipinski definition) is 7. The zero-order valence-corrected chi connectivity index (χ0v) is 32.0. The smallest absolute Gasteiger partial charge is 0.407 e. The number of ketones is 1. The van der Waals surface area contributed by atoms with Crippen LogP contribution in [-0.2, 0) is 36.8 Å². The molecule has 288 valence electrons. The van der Waals surface area contributed by atoms with E-state index in [1.54, 1.807) is 11.8 Å². The number of nitrogens with zero attached hydrogens (tertiary/aromatic N) is 1. The van der Waals surface area contributed by atoms with Crippen molar-refractivity contribution < 1.29 is 33.5 Å². The zero-order chi connectivity index (χ0) is 38.6. The van der Waals surface area contributed by atoms with E-state index in [2.05, 4.69) is 33.2 Å². The van der Waals surface area contributed by atoms with Gasteiger partial charge in [-0.15, -0.1) is 6.58 Å². The van der Waals surface area contributed by atoms with Crippen molar-refractivity contribution in [2.75, 3.05) is 26.2 Å². The molecule has 13 heteroatoms. The second-order valence-electron chi connectivity index (χ2n) is 15.3. The first-order chi connectivity index (χ1) is 24.6. The Balaban J connectivity index is 1.92. The van der Waals surface area contributed by atoms with E-state index < -0.39 is 59.3 Å². The number of fused-ring (bicyclic) bond motifs is 1. The Morgan fingerprint density at radius 3 is 2.19 bits per heavy atom. The number of urea groups is 1. The van der Waals surface area contributed by atoms with Gasteiger partial charge >= 0.3 is 12.1 Å². The van der Waals surface area contributed by atoms with Crippen molar-refractivity contribution in [1.82, 2.24) is 31.5 Å². The van der Waals surface area contributed by atoms with Crippen molar-refractivity contribution in [3.63, 3.8) is 0 Å². The fraction of sp³-hybridized carbons (Fsp3) is 0.641. The quantitative estimate of drug-likeness (QED) is 0.120. The molecule has 6 amide bonds. The number of Topliss-reactive ketones (excluding diaryl/α,β-unsaturated/α-hetero) is 1. The Labute approximate surface area is 308 Å². The summed E-state index contributed by atoms with van der Waals surface area (Å²) in [6, 6.07) is 3.81. The molecular formula is C39H60N6O7. The summed E-state index contributed by atoms with van der Waals surface area (Å²) in [7, 11) is 0. The average molecular weight is 725 g/mol. The van der Waals surface area contributed by atoms with Gasteiger partial charge in [-0.25, -0.2) is 9.59 Å². The van der Waals surface area contributed by atoms with E-state index in [0.717, 1.165) is 17.5 Å². The van der Waals surface area contributed by atoms with E-state index in [1.165, 1.54) is 6.08 Å². The zero-order valence-electron chi connectivity index (χ0n) is 32.0. The molecule has 1 heterocycles. The number of benzene rings is 1. The number of rotatable bonds is 17. The molecule has 0 bridgehead atoms. The Morgan fingerprint density at radius 2 is 1.63 bits per heavy atom. The van der Waals surface area contributed by atoms with Crippen LogP contribution in [0.2, 0.25) is 0 Å². The lowest BCUT2D eigenvalue weighted by Gasteiger charge is -2.35. The lowest BCUT2D eigenvalue weighted by molar-refractivity contribution is -0.144. The van der Waals surface area contributed by atoms with Gasteiger partial charge in [-0.2, -0.15) is 0 Å². The van der Waals surface area contributed by atoms with Crippen molar-refractivity contribution in [2.45, 2.75) is 111 Å². The number of likely N-dealkylation sites (tertiary alicyclic amines) is 1. The number of hydrogen-bond donors (Lipinski definition) is 5. The molecule has 1 aliphatic carbocycles. The molecule has 1 saturated heterocycles. The molecule has 0 saturated carbocycles. The number of unbranched alkanes of at least 4 members (excludes halogenated alkanes) is 1. The number of amides is 6. The van der Waals surface area contributed by atoms with Crippen LogP contribution in [0.25, 0.3) is 0 Å². The van der Waals surface area contributed by atoms with Gasteiger partial charge in [0.1, 0.15) is 18.7 Å². The van der Waals surface area contributed by atoms with Crippen LogP contribution in [0.4, 0.5) is 9.59 Å². The van der Waals surface area contributed by atoms with Crippen molar-refractivity contribution >= 4 is 35.6 Å². The molecular weight excluding hydrogens is 664 g/mol. The second-order valence-corrected chi connectivity index (χ2v) is 15.3. The number of carbonyl (C=O) groups excluding carboxylic acids is 6. The Hall–Kier alpha value is -4.42. The Bertz CT molecular complexity index is 1420. The van der Waals surface area contributed by atoms with Crippen molar-refractivity contribution in [3.8, 4) is 0 Å². The topological polar surface area (TPSA) is 175 Å². The summed E-state index contributed by atoms with van der Waals surface area (Å²) < 4.78 is 5.36. The lowest BCUT2D eigenvalue weighted by Crippen LogP contribution is -2.61. The third kappa shape index (κ3) is 11.3. The molecule has 1 aromatic carbocycles. The number of alkyl carbamates (subject to hydrolysis) is 1. The van der Waals surface area contributed by atoms with Crippen LogP contribution in [-0.4, -0.2) is 90.9 Å². The highest BCUT2D eigenvalue weighted by atomic mass is 16.5. The lowest BCUT2D eigenvalue weighted by atomic mass is 9.87. The number of nitrogens with one attached hydrogen (secondary N) is 5. The molecule has 5 atom stereocenters. The van der Waals surface area contributed by atoms with Crippen molar-refractivity contribution in [2.24, 2.45) is 23.2 Å². The summed E-state index contributed by atoms with van der Waals surface area (Å²) in [6.45, 7) is 17.8. The van der Waals surface area contributed by atoms with E-state index >= 15 is 0 Å². The largest absolute Gasteiger partial charge is 0.447 e. The Morgan fingerprint density at radius 1 is 0.981 bits per heavy atom. The first-order valence-electron chi connectivity index (χ1n) is 18.7. The van der Waals surface area contributed by atoms with Gasteiger partial charge in [0.05, 0.1) is 12.1 Å². The summed E-state index contributed by atoms with van der Waals surface area (Å²) in [5.41, 5.74) is 1.69. The van der Waals surface area contributed by atoms with Crippen LogP contribution in [0.5, 0.6) is 0 Å². The van der Waals surface area contributed by atoms with Gasteiger partial charge in [-0.3, -0.25) is 19.2 Å². The summed E-state index contributed by atoms with van der Waals surface area (Å²) >= 11 is 0. The highest BCUT2D eigenvalue weighted by Crippen LogP contribution is 2.35. The molecule has 2 aliphatic rings. The van der Waals surface area contributed by atoms with Gasteiger partial charge in [0.25, 0.3) is 5.91 Å². The fourth-order valence-electron chi connectivity index (χ4n) is 7.03. The van der Waals surface area contributed by atoms with Gasteiger partial charge in [0, 0.05) is 19.6 Å². The van der Waals surface area contributed by atoms with E-state index in [0.29, 0.717) is 32.2 Å². The van der Waals surface area contributed by atoms with E-state index in [4.69, 9.17) is 4.74 Å². The monoisotopic (exact) mass is 724 g/mol. The maximum atomic E-state index is 14.8. The van der Waals surface area contributed by atoms with E-state index in [1.807, 2.05) is 65.8 Å². The molecule has 1 fully saturated rings. The highest BCUT2D eigenvalue weighted by Gasteiger charge is 2.48. The molecule has 3 rings (SSSR count). The maximum absolute atomic E-state index is 14.8. The molecule has 0 radical (unpaired) electrons. The SMILES string of the molecule is C=CCNC(=O)C(=O)C(CCCC)NC(=O)[C@@H]1[C@@H](C(C)C)CCN1C(=O)[C@@H](NC(=O)N[C@H](COC(=O)NCC)C(C)(C)C)C1Cc2ccccc2C1. The van der Waals surface area contributed by atoms with E-state index in [-0.39, 0.29) is 49.8 Å². The first kappa shape index (κ1) is 42.0. The van der Waals surface area contributed by atoms with Crippen molar-refractivity contribution in [3.05, 3.63) is 48.0 Å². The molecule has 52 heavy (non-hydrogen) atoms. The second kappa shape index (κ2) is 19.4. The van der Waals surface area contributed by atoms with Gasteiger partial charge in [0.2, 0.25) is 17.6 Å². The standard InChI is InChI=1S/C39H60N6O7/c1-9-12-17-29(33(46)35(48)41-19-10-2)42-34(47)32-28(24(4)5)18-20-45(32)36(49)31(27-21-25-15-13-14-16-26(25)22-27)44-37(50)43-30(39(6,7)8)23-52-38(51)40-11-3/h10,13-16,24,27-32H,2,9,11-12,17-23H2,1,3-8H3,(H,40,51)(H,41,48)(H,42,47)(H2,43,44,50)/t28-,29?,30-,31+,32+/m1/s1. The van der Waals surface area contributed by atoms with Crippen LogP contribution in [0.1, 0.15) is 85.3 Å². The normalized spacial score (nSPS) is 18.8. The molecule has 1 aromatic rings. The number of carbonyl (C=O) groups is 6. The van der Waals surface area contributed by atoms with Gasteiger partial charge < -0.3 is 36.2 Å². The van der Waals surface area contributed by atoms with Crippen LogP contribution in [0.3, 0.4) is 0 Å². The van der Waals surface area contributed by atoms with Crippen LogP contribution in [0.15, 0.2) is 36.9 Å². The van der Waals surface area contributed by atoms with Crippen LogP contribution < -0.4 is 26.6 Å². The highest BCUT2D eigenvalue weighted by molar-refractivity contribution is 6.38. The molecule has 13 nitrogen and oxygen atoms in total. The third-order valence-corrected chi connectivity index (χ3v) is 10.1. The van der Waals surface area contributed by atoms with E-state index in [9.17, 15) is 28.8 Å². The first-order valence-corrected chi connectivity index (χ1v) is 18.7. The van der Waals surface area contributed by atoms with Gasteiger partial charge in [-0.1, -0.05) is 84.7 Å². The predicted molar refractivity (Wildman–Crippen MR) is 199 cm³/mol.